The average molecular weight is 813 g/mol. The van der Waals surface area contributed by atoms with Gasteiger partial charge in [0.2, 0.25) is 17.7 Å². The minimum Gasteiger partial charge on any atom is -0.371 e. The number of amides is 5. The van der Waals surface area contributed by atoms with Crippen molar-refractivity contribution in [3.63, 3.8) is 0 Å². The van der Waals surface area contributed by atoms with E-state index in [1.807, 2.05) is 18.2 Å². The molecule has 1 atom stereocenters. The lowest BCUT2D eigenvalue weighted by atomic mass is 9.70. The van der Waals surface area contributed by atoms with E-state index >= 15 is 0 Å². The van der Waals surface area contributed by atoms with Crippen LogP contribution in [0.15, 0.2) is 53.4 Å². The Balaban J connectivity index is 0.797. The largest absolute Gasteiger partial charge is 0.371 e. The van der Waals surface area contributed by atoms with Gasteiger partial charge in [-0.15, -0.1) is 11.8 Å². The Labute approximate surface area is 347 Å². The van der Waals surface area contributed by atoms with Crippen molar-refractivity contribution >= 4 is 63.7 Å². The van der Waals surface area contributed by atoms with E-state index in [1.165, 1.54) is 11.8 Å². The van der Waals surface area contributed by atoms with Gasteiger partial charge >= 0.3 is 0 Å². The van der Waals surface area contributed by atoms with Gasteiger partial charge in [0.15, 0.2) is 5.78 Å². The smallest absolute Gasteiger partial charge is 0.263 e. The molecule has 12 nitrogen and oxygen atoms in total. The van der Waals surface area contributed by atoms with E-state index in [0.29, 0.717) is 28.0 Å². The van der Waals surface area contributed by atoms with Crippen molar-refractivity contribution in [1.29, 1.82) is 5.26 Å². The molecule has 1 unspecified atom stereocenters. The lowest BCUT2D eigenvalue weighted by molar-refractivity contribution is -0.136. The summed E-state index contributed by atoms with van der Waals surface area (Å²) in [6.07, 6.45) is 6.62. The average Bonchev–Trinajstić information content (AvgIpc) is 3.74. The van der Waals surface area contributed by atoms with E-state index in [-0.39, 0.29) is 36.1 Å². The van der Waals surface area contributed by atoms with Crippen LogP contribution in [-0.2, 0) is 26.2 Å². The number of nitrogens with one attached hydrogen (secondary N) is 3. The van der Waals surface area contributed by atoms with E-state index in [2.05, 4.69) is 59.5 Å². The Morgan fingerprint density at radius 2 is 1.71 bits per heavy atom. The van der Waals surface area contributed by atoms with Crippen LogP contribution in [-0.4, -0.2) is 76.1 Å². The number of aromatic amines is 1. The second-order valence-corrected chi connectivity index (χ2v) is 17.7. The van der Waals surface area contributed by atoms with Crippen molar-refractivity contribution in [2.45, 2.75) is 107 Å². The number of aryl methyl sites for hydroxylation is 1. The van der Waals surface area contributed by atoms with Crippen molar-refractivity contribution in [2.75, 3.05) is 23.7 Å². The number of benzene rings is 3. The van der Waals surface area contributed by atoms with Crippen LogP contribution in [0.5, 0.6) is 0 Å². The van der Waals surface area contributed by atoms with Gasteiger partial charge < -0.3 is 15.2 Å². The van der Waals surface area contributed by atoms with Crippen LogP contribution in [0.3, 0.4) is 0 Å². The molecule has 0 spiro atoms. The number of piperidine rings is 2. The van der Waals surface area contributed by atoms with Gasteiger partial charge in [0.25, 0.3) is 11.8 Å². The number of nitrogens with zero attached hydrogens (tertiary/aromatic N) is 3. The highest BCUT2D eigenvalue weighted by atomic mass is 32.2. The summed E-state index contributed by atoms with van der Waals surface area (Å²) in [6, 6.07) is 16.2. The number of carbonyl (C=O) groups is 6. The number of aromatic nitrogens is 1. The molecule has 0 bridgehead atoms. The van der Waals surface area contributed by atoms with Crippen LogP contribution in [0.25, 0.3) is 10.9 Å². The molecule has 2 fully saturated rings. The molecule has 4 aromatic rings. The van der Waals surface area contributed by atoms with Crippen molar-refractivity contribution in [2.24, 2.45) is 0 Å². The molecule has 5 amide bonds. The van der Waals surface area contributed by atoms with Gasteiger partial charge in [-0.25, -0.2) is 0 Å². The molecule has 13 heteroatoms. The monoisotopic (exact) mass is 812 g/mol. The highest BCUT2D eigenvalue weighted by Crippen LogP contribution is 2.46. The molecule has 59 heavy (non-hydrogen) atoms. The highest BCUT2D eigenvalue weighted by Gasteiger charge is 2.46. The minimum atomic E-state index is -0.988. The zero-order valence-electron chi connectivity index (χ0n) is 33.7. The predicted molar refractivity (Wildman–Crippen MR) is 225 cm³/mol. The standard InChI is InChI=1S/C46H48N6O6S/c1-4-27-23-31-32(46(2,3)42-40(41(31)55)29-14-13-26(25-47)22-33(29)49-42)24-35(27)51-19-17-28(18-20-51)48-37(53)12-7-5-6-8-21-59-36-11-9-10-30-39(36)45(58)52(44(30)57)34-15-16-38(54)50-43(34)56/h9-11,13-14,22-24,28,34,49H,4-8,12,15-21H2,1-3H3,(H,48,53)(H,50,54,56). The lowest BCUT2D eigenvalue weighted by Gasteiger charge is -2.38. The molecule has 4 aliphatic rings. The minimum absolute atomic E-state index is 0.0138. The topological polar surface area (TPSA) is 173 Å². The molecule has 2 saturated heterocycles. The fourth-order valence-electron chi connectivity index (χ4n) is 9.25. The van der Waals surface area contributed by atoms with Crippen molar-refractivity contribution in [3.05, 3.63) is 93.2 Å². The number of hydrogen-bond donors (Lipinski definition) is 3. The number of thioether (sulfide) groups is 1. The summed E-state index contributed by atoms with van der Waals surface area (Å²) in [7, 11) is 0. The van der Waals surface area contributed by atoms with E-state index < -0.39 is 35.1 Å². The van der Waals surface area contributed by atoms with Gasteiger partial charge in [-0.2, -0.15) is 5.26 Å². The first-order chi connectivity index (χ1) is 28.4. The van der Waals surface area contributed by atoms with Crippen LogP contribution < -0.4 is 15.5 Å². The van der Waals surface area contributed by atoms with E-state index in [9.17, 15) is 34.0 Å². The number of rotatable bonds is 12. The van der Waals surface area contributed by atoms with E-state index in [4.69, 9.17) is 0 Å². The number of unbranched alkanes of at least 4 members (excludes halogenated alkanes) is 3. The number of hydrogen-bond acceptors (Lipinski definition) is 9. The Bertz CT molecular complexity index is 2470. The molecule has 8 rings (SSSR count). The van der Waals surface area contributed by atoms with Crippen LogP contribution in [0.4, 0.5) is 5.69 Å². The quantitative estimate of drug-likeness (QED) is 0.0800. The molecular formula is C46H48N6O6S. The molecule has 3 N–H and O–H groups in total. The summed E-state index contributed by atoms with van der Waals surface area (Å²) in [4.78, 5) is 85.2. The molecular weight excluding hydrogens is 765 g/mol. The second kappa shape index (κ2) is 16.1. The summed E-state index contributed by atoms with van der Waals surface area (Å²) in [6.45, 7) is 8.03. The Morgan fingerprint density at radius 1 is 0.932 bits per heavy atom. The Kier molecular flexibility index (Phi) is 11.0. The fourth-order valence-corrected chi connectivity index (χ4v) is 10.3. The SMILES string of the molecule is CCc1cc2c(cc1N1CCC(NC(=O)CCCCCCSc3cccc4c3C(=O)N(C3CCC(=O)NC3=O)C4=O)CC1)C(C)(C)c1[nH]c3cc(C#N)ccc3c1C2=O. The molecule has 304 valence electrons. The first kappa shape index (κ1) is 40.1. The third-order valence-electron chi connectivity index (χ3n) is 12.5. The zero-order valence-corrected chi connectivity index (χ0v) is 34.5. The summed E-state index contributed by atoms with van der Waals surface area (Å²) in [5.74, 6) is -1.19. The van der Waals surface area contributed by atoms with Gasteiger partial charge in [0.05, 0.1) is 28.3 Å². The molecule has 3 aromatic carbocycles. The second-order valence-electron chi connectivity index (χ2n) is 16.5. The van der Waals surface area contributed by atoms with Crippen molar-refractivity contribution in [1.82, 2.24) is 20.5 Å². The maximum absolute atomic E-state index is 14.1. The molecule has 0 radical (unpaired) electrons. The van der Waals surface area contributed by atoms with E-state index in [0.717, 1.165) is 108 Å². The molecule has 3 aliphatic heterocycles. The molecule has 1 aromatic heterocycles. The number of fused-ring (bicyclic) bond motifs is 5. The lowest BCUT2D eigenvalue weighted by Crippen LogP contribution is -2.54. The van der Waals surface area contributed by atoms with Gasteiger partial charge in [-0.3, -0.25) is 39.0 Å². The number of carbonyl (C=O) groups excluding carboxylic acids is 6. The summed E-state index contributed by atoms with van der Waals surface area (Å²) >= 11 is 1.51. The number of ketones is 1. The number of H-pyrrole nitrogens is 1. The summed E-state index contributed by atoms with van der Waals surface area (Å²) in [5, 5.41) is 15.8. The third-order valence-corrected chi connectivity index (χ3v) is 13.6. The zero-order chi connectivity index (χ0) is 41.6. The van der Waals surface area contributed by atoms with Crippen LogP contribution >= 0.6 is 11.8 Å². The van der Waals surface area contributed by atoms with Gasteiger partial charge in [0.1, 0.15) is 6.04 Å². The van der Waals surface area contributed by atoms with Crippen LogP contribution in [0, 0.1) is 11.3 Å². The Hall–Kier alpha value is -5.74. The maximum atomic E-state index is 14.1. The summed E-state index contributed by atoms with van der Waals surface area (Å²) in [5.41, 5.74) is 7.10. The number of anilines is 1. The van der Waals surface area contributed by atoms with Crippen molar-refractivity contribution < 1.29 is 28.8 Å². The Morgan fingerprint density at radius 3 is 2.46 bits per heavy atom. The number of imide groups is 2. The first-order valence-electron chi connectivity index (χ1n) is 20.7. The summed E-state index contributed by atoms with van der Waals surface area (Å²) < 4.78 is 0. The van der Waals surface area contributed by atoms with Crippen LogP contribution in [0.1, 0.15) is 138 Å². The normalized spacial score (nSPS) is 18.7. The van der Waals surface area contributed by atoms with Crippen molar-refractivity contribution in [3.8, 4) is 6.07 Å². The molecule has 1 aliphatic carbocycles. The number of nitriles is 1. The maximum Gasteiger partial charge on any atom is 0.263 e. The predicted octanol–water partition coefficient (Wildman–Crippen LogP) is 6.70. The van der Waals surface area contributed by atoms with Gasteiger partial charge in [0, 0.05) is 70.1 Å². The highest BCUT2D eigenvalue weighted by molar-refractivity contribution is 7.99. The van der Waals surface area contributed by atoms with Crippen LogP contribution in [0.2, 0.25) is 0 Å². The molecule has 4 heterocycles. The molecule has 0 saturated carbocycles. The fraction of sp³-hybridized carbons (Fsp3) is 0.413. The third kappa shape index (κ3) is 7.32. The first-order valence-corrected chi connectivity index (χ1v) is 21.7. The van der Waals surface area contributed by atoms with Gasteiger partial charge in [-0.1, -0.05) is 45.7 Å². The van der Waals surface area contributed by atoms with Gasteiger partial charge in [-0.05, 0) is 91.8 Å². The van der Waals surface area contributed by atoms with E-state index in [1.54, 1.807) is 18.2 Å².